The van der Waals surface area contributed by atoms with E-state index < -0.39 is 0 Å². The highest BCUT2D eigenvalue weighted by molar-refractivity contribution is 7.10. The zero-order chi connectivity index (χ0) is 16.2. The molecule has 24 heavy (non-hydrogen) atoms. The number of hydrogen-bond acceptors (Lipinski definition) is 2. The normalized spacial score (nSPS) is 22.5. The Bertz CT molecular complexity index is 605. The molecule has 0 bridgehead atoms. The maximum atomic E-state index is 2.86. The summed E-state index contributed by atoms with van der Waals surface area (Å²) in [5.74, 6) is 0.868. The zero-order valence-electron chi connectivity index (χ0n) is 14.6. The summed E-state index contributed by atoms with van der Waals surface area (Å²) in [6, 6.07) is 15.7. The van der Waals surface area contributed by atoms with Gasteiger partial charge in [-0.15, -0.1) is 11.3 Å². The molecule has 1 aromatic carbocycles. The van der Waals surface area contributed by atoms with Crippen molar-refractivity contribution in [1.82, 2.24) is 4.90 Å². The zero-order valence-corrected chi connectivity index (χ0v) is 15.4. The van der Waals surface area contributed by atoms with E-state index in [2.05, 4.69) is 52.7 Å². The molecule has 2 aromatic rings. The van der Waals surface area contributed by atoms with Gasteiger partial charge < -0.3 is 0 Å². The van der Waals surface area contributed by atoms with E-state index >= 15 is 0 Å². The first-order chi connectivity index (χ1) is 11.9. The Hall–Kier alpha value is -1.12. The van der Waals surface area contributed by atoms with Crippen LogP contribution in [0, 0.1) is 5.92 Å². The number of thiophene rings is 1. The van der Waals surface area contributed by atoms with Crippen LogP contribution in [0.3, 0.4) is 0 Å². The standard InChI is InChI=1S/C22H29NS/c1-3-8-19(9-4-1)18-20-11-15-23(16-12-20)22(13-5-2-6-14-22)21-10-7-17-24-21/h1,3-4,7-10,17,20H,2,5-6,11-16,18H2. The van der Waals surface area contributed by atoms with Crippen LogP contribution >= 0.6 is 11.3 Å². The molecule has 0 unspecified atom stereocenters. The summed E-state index contributed by atoms with van der Waals surface area (Å²) in [7, 11) is 0. The van der Waals surface area contributed by atoms with Crippen LogP contribution in [0.5, 0.6) is 0 Å². The lowest BCUT2D eigenvalue weighted by atomic mass is 9.77. The van der Waals surface area contributed by atoms with E-state index in [1.165, 1.54) is 70.0 Å². The van der Waals surface area contributed by atoms with Crippen molar-refractivity contribution in [1.29, 1.82) is 0 Å². The average Bonchev–Trinajstić information content (AvgIpc) is 3.19. The molecule has 4 rings (SSSR count). The van der Waals surface area contributed by atoms with Crippen LogP contribution in [0.15, 0.2) is 47.8 Å². The first kappa shape index (κ1) is 16.4. The Balaban J connectivity index is 1.43. The van der Waals surface area contributed by atoms with Gasteiger partial charge in [0.2, 0.25) is 0 Å². The molecule has 0 atom stereocenters. The van der Waals surface area contributed by atoms with Crippen molar-refractivity contribution in [2.75, 3.05) is 13.1 Å². The van der Waals surface area contributed by atoms with E-state index in [4.69, 9.17) is 0 Å². The molecule has 1 aromatic heterocycles. The van der Waals surface area contributed by atoms with E-state index in [1.807, 2.05) is 11.3 Å². The third-order valence-electron chi connectivity index (χ3n) is 6.25. The topological polar surface area (TPSA) is 3.24 Å². The monoisotopic (exact) mass is 339 g/mol. The fourth-order valence-electron chi connectivity index (χ4n) is 4.91. The molecule has 1 saturated carbocycles. The molecule has 2 aliphatic rings. The van der Waals surface area contributed by atoms with Gasteiger partial charge in [-0.25, -0.2) is 0 Å². The first-order valence-corrected chi connectivity index (χ1v) is 10.6. The highest BCUT2D eigenvalue weighted by Crippen LogP contribution is 2.45. The van der Waals surface area contributed by atoms with Crippen molar-refractivity contribution in [3.63, 3.8) is 0 Å². The van der Waals surface area contributed by atoms with E-state index in [-0.39, 0.29) is 0 Å². The van der Waals surface area contributed by atoms with Crippen molar-refractivity contribution in [2.24, 2.45) is 5.92 Å². The van der Waals surface area contributed by atoms with Crippen LogP contribution in [0.4, 0.5) is 0 Å². The second kappa shape index (κ2) is 7.41. The molecule has 0 N–H and O–H groups in total. The Morgan fingerprint density at radius 1 is 0.917 bits per heavy atom. The van der Waals surface area contributed by atoms with Crippen molar-refractivity contribution in [2.45, 2.75) is 56.9 Å². The fourth-order valence-corrected chi connectivity index (χ4v) is 5.92. The van der Waals surface area contributed by atoms with Gasteiger partial charge in [0, 0.05) is 4.88 Å². The number of likely N-dealkylation sites (tertiary alicyclic amines) is 1. The quantitative estimate of drug-likeness (QED) is 0.674. The summed E-state index contributed by atoms with van der Waals surface area (Å²) in [5.41, 5.74) is 1.88. The minimum atomic E-state index is 0.365. The first-order valence-electron chi connectivity index (χ1n) is 9.70. The van der Waals surface area contributed by atoms with Crippen molar-refractivity contribution in [3.05, 3.63) is 58.3 Å². The van der Waals surface area contributed by atoms with Gasteiger partial charge in [0.05, 0.1) is 5.54 Å². The number of piperidine rings is 1. The van der Waals surface area contributed by atoms with Gasteiger partial charge in [-0.1, -0.05) is 55.7 Å². The predicted octanol–water partition coefficient (Wildman–Crippen LogP) is 5.86. The fraction of sp³-hybridized carbons (Fsp3) is 0.545. The molecular formula is C22H29NS. The molecule has 1 aliphatic heterocycles. The third-order valence-corrected chi connectivity index (χ3v) is 7.31. The van der Waals surface area contributed by atoms with Crippen molar-refractivity contribution in [3.8, 4) is 0 Å². The maximum absolute atomic E-state index is 2.86. The third kappa shape index (κ3) is 3.32. The van der Waals surface area contributed by atoms with Gasteiger partial charge in [-0.2, -0.15) is 0 Å². The minimum absolute atomic E-state index is 0.365. The van der Waals surface area contributed by atoms with E-state index in [9.17, 15) is 0 Å². The Morgan fingerprint density at radius 2 is 1.67 bits per heavy atom. The van der Waals surface area contributed by atoms with Gasteiger partial charge in [0.1, 0.15) is 0 Å². The molecular weight excluding hydrogens is 310 g/mol. The van der Waals surface area contributed by atoms with E-state index in [1.54, 1.807) is 4.88 Å². The second-order valence-electron chi connectivity index (χ2n) is 7.69. The van der Waals surface area contributed by atoms with Crippen molar-refractivity contribution >= 4 is 11.3 Å². The molecule has 0 amide bonds. The lowest BCUT2D eigenvalue weighted by Gasteiger charge is -2.49. The molecule has 0 spiro atoms. The van der Waals surface area contributed by atoms with Gasteiger partial charge in [-0.3, -0.25) is 4.90 Å². The SMILES string of the molecule is c1ccc(CC2CCN(C3(c4cccs4)CCCCC3)CC2)cc1. The van der Waals surface area contributed by atoms with Gasteiger partial charge in [-0.05, 0) is 68.1 Å². The molecule has 1 aliphatic carbocycles. The second-order valence-corrected chi connectivity index (χ2v) is 8.64. The average molecular weight is 340 g/mol. The lowest BCUT2D eigenvalue weighted by Crippen LogP contribution is -2.50. The van der Waals surface area contributed by atoms with Crippen LogP contribution < -0.4 is 0 Å². The van der Waals surface area contributed by atoms with E-state index in [0.717, 1.165) is 5.92 Å². The molecule has 128 valence electrons. The summed E-state index contributed by atoms with van der Waals surface area (Å²) in [4.78, 5) is 4.49. The summed E-state index contributed by atoms with van der Waals surface area (Å²) >= 11 is 1.98. The molecule has 2 heterocycles. The summed E-state index contributed by atoms with van der Waals surface area (Å²) in [6.45, 7) is 2.57. The Labute approximate surface area is 150 Å². The van der Waals surface area contributed by atoms with Crippen LogP contribution in [-0.4, -0.2) is 18.0 Å². The van der Waals surface area contributed by atoms with Crippen molar-refractivity contribution < 1.29 is 0 Å². The highest BCUT2D eigenvalue weighted by Gasteiger charge is 2.41. The Morgan fingerprint density at radius 3 is 2.33 bits per heavy atom. The Kier molecular flexibility index (Phi) is 5.05. The summed E-state index contributed by atoms with van der Waals surface area (Å²) < 4.78 is 0. The highest BCUT2D eigenvalue weighted by atomic mass is 32.1. The molecule has 2 heteroatoms. The van der Waals surface area contributed by atoms with Crippen LogP contribution in [0.2, 0.25) is 0 Å². The minimum Gasteiger partial charge on any atom is -0.293 e. The van der Waals surface area contributed by atoms with Gasteiger partial charge >= 0.3 is 0 Å². The number of nitrogens with zero attached hydrogens (tertiary/aromatic N) is 1. The largest absolute Gasteiger partial charge is 0.293 e. The van der Waals surface area contributed by atoms with Crippen LogP contribution in [0.1, 0.15) is 55.4 Å². The van der Waals surface area contributed by atoms with Crippen LogP contribution in [-0.2, 0) is 12.0 Å². The molecule has 1 nitrogen and oxygen atoms in total. The number of benzene rings is 1. The van der Waals surface area contributed by atoms with Gasteiger partial charge in [0.15, 0.2) is 0 Å². The smallest absolute Gasteiger partial charge is 0.0553 e. The molecule has 0 radical (unpaired) electrons. The predicted molar refractivity (Wildman–Crippen MR) is 104 cm³/mol. The van der Waals surface area contributed by atoms with E-state index in [0.29, 0.717) is 5.54 Å². The number of rotatable bonds is 4. The molecule has 1 saturated heterocycles. The van der Waals surface area contributed by atoms with Crippen LogP contribution in [0.25, 0.3) is 0 Å². The summed E-state index contributed by atoms with van der Waals surface area (Å²) in [6.07, 6.45) is 11.0. The maximum Gasteiger partial charge on any atom is 0.0553 e. The lowest BCUT2D eigenvalue weighted by molar-refractivity contribution is 0.0198. The number of hydrogen-bond donors (Lipinski definition) is 0. The molecule has 2 fully saturated rings. The summed E-state index contributed by atoms with van der Waals surface area (Å²) in [5, 5.41) is 2.27. The van der Waals surface area contributed by atoms with Gasteiger partial charge in [0.25, 0.3) is 0 Å².